The maximum absolute atomic E-state index is 12.5. The molecule has 2 rings (SSSR count). The molecule has 0 aromatic heterocycles. The van der Waals surface area contributed by atoms with Crippen molar-refractivity contribution in [3.63, 3.8) is 0 Å². The van der Waals surface area contributed by atoms with Gasteiger partial charge in [0, 0.05) is 16.7 Å². The van der Waals surface area contributed by atoms with Crippen molar-refractivity contribution in [2.24, 2.45) is 5.73 Å². The van der Waals surface area contributed by atoms with E-state index in [4.69, 9.17) is 5.73 Å². The molecule has 0 aliphatic rings. The normalized spacial score (nSPS) is 11.4. The maximum Gasteiger partial charge on any atom is 0.262 e. The average molecular weight is 369 g/mol. The summed E-state index contributed by atoms with van der Waals surface area (Å²) in [6.45, 7) is 4.01. The quantitative estimate of drug-likeness (QED) is 0.869. The van der Waals surface area contributed by atoms with Crippen LogP contribution in [0.3, 0.4) is 0 Å². The minimum absolute atomic E-state index is 0.252. The van der Waals surface area contributed by atoms with Crippen LogP contribution in [0.15, 0.2) is 45.8 Å². The molecule has 0 unspecified atom stereocenters. The lowest BCUT2D eigenvalue weighted by Gasteiger charge is -2.12. The van der Waals surface area contributed by atoms with Gasteiger partial charge in [-0.25, -0.2) is 8.42 Å². The monoisotopic (exact) mass is 368 g/mol. The topological polar surface area (TPSA) is 72.2 Å². The number of sulfonamides is 1. The molecule has 0 atom stereocenters. The van der Waals surface area contributed by atoms with Crippen LogP contribution in [0.1, 0.15) is 16.7 Å². The van der Waals surface area contributed by atoms with Gasteiger partial charge in [0.15, 0.2) is 0 Å². The summed E-state index contributed by atoms with van der Waals surface area (Å²) in [6, 6.07) is 10.5. The first-order valence-electron chi connectivity index (χ1n) is 6.42. The average Bonchev–Trinajstić information content (AvgIpc) is 2.43. The Balaban J connectivity index is 2.40. The predicted molar refractivity (Wildman–Crippen MR) is 88.8 cm³/mol. The van der Waals surface area contributed by atoms with Crippen LogP contribution >= 0.6 is 15.9 Å². The fourth-order valence-corrected chi connectivity index (χ4v) is 3.65. The first kappa shape index (κ1) is 16.0. The van der Waals surface area contributed by atoms with Gasteiger partial charge in [-0.2, -0.15) is 0 Å². The van der Waals surface area contributed by atoms with E-state index < -0.39 is 10.0 Å². The molecule has 3 N–H and O–H groups in total. The molecule has 0 amide bonds. The third-order valence-corrected chi connectivity index (χ3v) is 5.58. The highest BCUT2D eigenvalue weighted by Crippen LogP contribution is 2.24. The Morgan fingerprint density at radius 2 is 1.76 bits per heavy atom. The molecule has 112 valence electrons. The molecular formula is C15H17BrN2O2S. The van der Waals surface area contributed by atoms with Gasteiger partial charge in [0.1, 0.15) is 0 Å². The molecule has 21 heavy (non-hydrogen) atoms. The fraction of sp³-hybridized carbons (Fsp3) is 0.200. The lowest BCUT2D eigenvalue weighted by atomic mass is 10.1. The Labute approximate surface area is 133 Å². The number of benzene rings is 2. The van der Waals surface area contributed by atoms with E-state index in [1.165, 1.54) is 0 Å². The van der Waals surface area contributed by atoms with E-state index in [1.807, 2.05) is 19.1 Å². The minimum Gasteiger partial charge on any atom is -0.326 e. The number of aryl methyl sites for hydroxylation is 2. The van der Waals surface area contributed by atoms with Crippen molar-refractivity contribution in [3.05, 3.63) is 57.6 Å². The zero-order valence-electron chi connectivity index (χ0n) is 11.9. The lowest BCUT2D eigenvalue weighted by molar-refractivity contribution is 0.600. The number of hydrogen-bond donors (Lipinski definition) is 2. The lowest BCUT2D eigenvalue weighted by Crippen LogP contribution is -2.15. The number of nitrogens with one attached hydrogen (secondary N) is 1. The fourth-order valence-electron chi connectivity index (χ4n) is 1.93. The van der Waals surface area contributed by atoms with Gasteiger partial charge in [0.05, 0.1) is 4.90 Å². The summed E-state index contributed by atoms with van der Waals surface area (Å²) >= 11 is 3.40. The van der Waals surface area contributed by atoms with Crippen LogP contribution < -0.4 is 10.5 Å². The van der Waals surface area contributed by atoms with Crippen LogP contribution in [0.4, 0.5) is 5.69 Å². The third-order valence-electron chi connectivity index (χ3n) is 3.20. The summed E-state index contributed by atoms with van der Waals surface area (Å²) in [5, 5.41) is 0. The summed E-state index contributed by atoms with van der Waals surface area (Å²) in [4.78, 5) is 0.252. The standard InChI is InChI=1S/C15H17BrN2O2S/c1-10-4-6-13(8-14(10)16)18-21(19,20)15-7-12(9-17)5-3-11(15)2/h3-8,18H,9,17H2,1-2H3. The molecule has 0 fully saturated rings. The van der Waals surface area contributed by atoms with Crippen molar-refractivity contribution < 1.29 is 8.42 Å². The summed E-state index contributed by atoms with van der Waals surface area (Å²) in [5.74, 6) is 0. The number of halogens is 1. The minimum atomic E-state index is -3.63. The molecule has 0 radical (unpaired) electrons. The second kappa shape index (κ2) is 6.17. The molecule has 2 aromatic carbocycles. The second-order valence-electron chi connectivity index (χ2n) is 4.87. The van der Waals surface area contributed by atoms with E-state index in [0.29, 0.717) is 17.8 Å². The van der Waals surface area contributed by atoms with Gasteiger partial charge in [0.2, 0.25) is 0 Å². The van der Waals surface area contributed by atoms with Gasteiger partial charge in [-0.1, -0.05) is 34.1 Å². The summed E-state index contributed by atoms with van der Waals surface area (Å²) in [7, 11) is -3.63. The molecule has 0 bridgehead atoms. The number of nitrogens with two attached hydrogens (primary N) is 1. The molecule has 0 saturated heterocycles. The van der Waals surface area contributed by atoms with Crippen LogP contribution in [-0.4, -0.2) is 8.42 Å². The van der Waals surface area contributed by atoms with Crippen LogP contribution in [0.25, 0.3) is 0 Å². The van der Waals surface area contributed by atoms with Crippen LogP contribution in [-0.2, 0) is 16.6 Å². The molecular weight excluding hydrogens is 352 g/mol. The Kier molecular flexibility index (Phi) is 4.70. The molecule has 2 aromatic rings. The van der Waals surface area contributed by atoms with Crippen molar-refractivity contribution in [2.75, 3.05) is 4.72 Å². The highest BCUT2D eigenvalue weighted by Gasteiger charge is 2.17. The first-order chi connectivity index (χ1) is 9.83. The van der Waals surface area contributed by atoms with E-state index >= 15 is 0 Å². The smallest absolute Gasteiger partial charge is 0.262 e. The van der Waals surface area contributed by atoms with Crippen molar-refractivity contribution in [1.29, 1.82) is 0 Å². The predicted octanol–water partition coefficient (Wildman–Crippen LogP) is 3.33. The first-order valence-corrected chi connectivity index (χ1v) is 8.69. The van der Waals surface area contributed by atoms with Gasteiger partial charge in [0.25, 0.3) is 10.0 Å². The maximum atomic E-state index is 12.5. The molecule has 0 saturated carbocycles. The van der Waals surface area contributed by atoms with E-state index in [9.17, 15) is 8.42 Å². The second-order valence-corrected chi connectivity index (χ2v) is 7.38. The number of rotatable bonds is 4. The van der Waals surface area contributed by atoms with Crippen LogP contribution in [0.5, 0.6) is 0 Å². The molecule has 0 aliphatic carbocycles. The highest BCUT2D eigenvalue weighted by molar-refractivity contribution is 9.10. The van der Waals surface area contributed by atoms with E-state index in [1.54, 1.807) is 31.2 Å². The molecule has 0 heterocycles. The SMILES string of the molecule is Cc1ccc(NS(=O)(=O)c2cc(CN)ccc2C)cc1Br. The summed E-state index contributed by atoms with van der Waals surface area (Å²) in [6.07, 6.45) is 0. The van der Waals surface area contributed by atoms with Crippen molar-refractivity contribution in [2.45, 2.75) is 25.3 Å². The number of anilines is 1. The molecule has 6 heteroatoms. The summed E-state index contributed by atoms with van der Waals surface area (Å²) < 4.78 is 28.5. The molecule has 0 spiro atoms. The van der Waals surface area contributed by atoms with Crippen molar-refractivity contribution in [1.82, 2.24) is 0 Å². The van der Waals surface area contributed by atoms with Crippen molar-refractivity contribution in [3.8, 4) is 0 Å². The van der Waals surface area contributed by atoms with E-state index in [2.05, 4.69) is 20.7 Å². The van der Waals surface area contributed by atoms with Gasteiger partial charge >= 0.3 is 0 Å². The van der Waals surface area contributed by atoms with Crippen LogP contribution in [0, 0.1) is 13.8 Å². The zero-order valence-corrected chi connectivity index (χ0v) is 14.3. The van der Waals surface area contributed by atoms with E-state index in [0.717, 1.165) is 15.6 Å². The Hall–Kier alpha value is -1.37. The number of hydrogen-bond acceptors (Lipinski definition) is 3. The van der Waals surface area contributed by atoms with Gasteiger partial charge < -0.3 is 5.73 Å². The Morgan fingerprint density at radius 1 is 1.10 bits per heavy atom. The summed E-state index contributed by atoms with van der Waals surface area (Å²) in [5.41, 5.74) is 8.61. The molecule has 0 aliphatic heterocycles. The molecule has 4 nitrogen and oxygen atoms in total. The Bertz CT molecular complexity index is 773. The Morgan fingerprint density at radius 3 is 2.38 bits per heavy atom. The highest BCUT2D eigenvalue weighted by atomic mass is 79.9. The van der Waals surface area contributed by atoms with E-state index in [-0.39, 0.29) is 4.90 Å². The zero-order chi connectivity index (χ0) is 15.6. The van der Waals surface area contributed by atoms with Gasteiger partial charge in [-0.15, -0.1) is 0 Å². The van der Waals surface area contributed by atoms with Gasteiger partial charge in [-0.3, -0.25) is 4.72 Å². The largest absolute Gasteiger partial charge is 0.326 e. The van der Waals surface area contributed by atoms with Crippen molar-refractivity contribution >= 4 is 31.6 Å². The van der Waals surface area contributed by atoms with Crippen LogP contribution in [0.2, 0.25) is 0 Å². The third kappa shape index (κ3) is 3.64. The van der Waals surface area contributed by atoms with Gasteiger partial charge in [-0.05, 0) is 48.7 Å².